The number of aromatic nitrogens is 1. The molecule has 0 spiro atoms. The maximum Gasteiger partial charge on any atom is 0.0312 e. The highest BCUT2D eigenvalue weighted by atomic mass is 15.2. The van der Waals surface area contributed by atoms with Gasteiger partial charge >= 0.3 is 0 Å². The van der Waals surface area contributed by atoms with E-state index in [1.807, 2.05) is 18.5 Å². The molecule has 2 unspecified atom stereocenters. The van der Waals surface area contributed by atoms with Crippen molar-refractivity contribution in [3.05, 3.63) is 30.1 Å². The molecule has 1 aromatic heterocycles. The highest BCUT2D eigenvalue weighted by Gasteiger charge is 2.29. The highest BCUT2D eigenvalue weighted by Crippen LogP contribution is 2.20. The van der Waals surface area contributed by atoms with Crippen LogP contribution in [0.5, 0.6) is 0 Å². The summed E-state index contributed by atoms with van der Waals surface area (Å²) in [6.45, 7) is 12.5. The average Bonchev–Trinajstić information content (AvgIpc) is 2.41. The summed E-state index contributed by atoms with van der Waals surface area (Å²) in [6.07, 6.45) is 5.11. The van der Waals surface area contributed by atoms with Crippen LogP contribution in [0.1, 0.15) is 39.7 Å². The number of rotatable bonds is 5. The first-order chi connectivity index (χ1) is 9.56. The van der Waals surface area contributed by atoms with Crippen molar-refractivity contribution in [1.82, 2.24) is 15.2 Å². The maximum absolute atomic E-state index is 4.25. The molecule has 1 fully saturated rings. The average molecular weight is 275 g/mol. The lowest BCUT2D eigenvalue weighted by Gasteiger charge is -2.42. The maximum atomic E-state index is 4.25. The zero-order valence-corrected chi connectivity index (χ0v) is 13.3. The van der Waals surface area contributed by atoms with Gasteiger partial charge in [0.1, 0.15) is 0 Å². The van der Waals surface area contributed by atoms with Crippen molar-refractivity contribution >= 4 is 0 Å². The molecular formula is C17H29N3. The van der Waals surface area contributed by atoms with E-state index >= 15 is 0 Å². The quantitative estimate of drug-likeness (QED) is 0.895. The van der Waals surface area contributed by atoms with Crippen LogP contribution in [-0.4, -0.2) is 35.1 Å². The Kier molecular flexibility index (Phi) is 5.55. The Balaban J connectivity index is 2.05. The molecule has 0 saturated carbocycles. The number of pyridine rings is 1. The molecule has 1 aliphatic rings. The lowest BCUT2D eigenvalue weighted by molar-refractivity contribution is 0.0923. The van der Waals surface area contributed by atoms with Gasteiger partial charge in [0.15, 0.2) is 0 Å². The third-order valence-electron chi connectivity index (χ3n) is 4.22. The summed E-state index contributed by atoms with van der Waals surface area (Å²) in [5.74, 6) is 1.43. The van der Waals surface area contributed by atoms with Crippen LogP contribution in [0.3, 0.4) is 0 Å². The Morgan fingerprint density at radius 1 is 1.35 bits per heavy atom. The van der Waals surface area contributed by atoms with Gasteiger partial charge in [-0.1, -0.05) is 33.8 Å². The Morgan fingerprint density at radius 3 is 2.75 bits per heavy atom. The smallest absolute Gasteiger partial charge is 0.0312 e. The van der Waals surface area contributed by atoms with Gasteiger partial charge < -0.3 is 5.32 Å². The molecule has 0 radical (unpaired) electrons. The zero-order valence-electron chi connectivity index (χ0n) is 13.3. The van der Waals surface area contributed by atoms with E-state index in [2.05, 4.69) is 49.0 Å². The third kappa shape index (κ3) is 4.29. The van der Waals surface area contributed by atoms with Crippen LogP contribution >= 0.6 is 0 Å². The van der Waals surface area contributed by atoms with Crippen molar-refractivity contribution in [2.24, 2.45) is 11.8 Å². The van der Waals surface area contributed by atoms with Gasteiger partial charge in [0.25, 0.3) is 0 Å². The van der Waals surface area contributed by atoms with Crippen LogP contribution in [0, 0.1) is 11.8 Å². The molecule has 2 atom stereocenters. The van der Waals surface area contributed by atoms with Crippen molar-refractivity contribution in [2.75, 3.05) is 13.1 Å². The Morgan fingerprint density at radius 2 is 2.15 bits per heavy atom. The molecule has 3 nitrogen and oxygen atoms in total. The van der Waals surface area contributed by atoms with Gasteiger partial charge in [-0.2, -0.15) is 0 Å². The van der Waals surface area contributed by atoms with Crippen molar-refractivity contribution < 1.29 is 0 Å². The largest absolute Gasteiger partial charge is 0.311 e. The van der Waals surface area contributed by atoms with Crippen LogP contribution in [0.2, 0.25) is 0 Å². The molecule has 1 saturated heterocycles. The van der Waals surface area contributed by atoms with Gasteiger partial charge in [0.05, 0.1) is 0 Å². The van der Waals surface area contributed by atoms with Crippen LogP contribution in [-0.2, 0) is 6.54 Å². The molecule has 1 aromatic rings. The second-order valence-corrected chi connectivity index (χ2v) is 6.83. The highest BCUT2D eigenvalue weighted by molar-refractivity contribution is 5.09. The number of hydrogen-bond donors (Lipinski definition) is 1. The molecule has 3 heteroatoms. The number of piperazine rings is 1. The molecule has 20 heavy (non-hydrogen) atoms. The predicted molar refractivity (Wildman–Crippen MR) is 84.5 cm³/mol. The SMILES string of the molecule is CC(C)CC1CNC(C(C)C)CN1Cc1cccnc1. The van der Waals surface area contributed by atoms with Gasteiger partial charge in [0.2, 0.25) is 0 Å². The molecule has 0 bridgehead atoms. The zero-order chi connectivity index (χ0) is 14.5. The molecule has 2 heterocycles. The van der Waals surface area contributed by atoms with E-state index in [-0.39, 0.29) is 0 Å². The third-order valence-corrected chi connectivity index (χ3v) is 4.22. The normalized spacial score (nSPS) is 24.5. The van der Waals surface area contributed by atoms with Crippen LogP contribution in [0.4, 0.5) is 0 Å². The molecule has 1 N–H and O–H groups in total. The van der Waals surface area contributed by atoms with Gasteiger partial charge in [0, 0.05) is 44.1 Å². The molecule has 0 amide bonds. The van der Waals surface area contributed by atoms with E-state index in [0.717, 1.165) is 25.6 Å². The van der Waals surface area contributed by atoms with E-state index in [1.54, 1.807) is 0 Å². The molecular weight excluding hydrogens is 246 g/mol. The molecule has 0 aliphatic carbocycles. The topological polar surface area (TPSA) is 28.2 Å². The van der Waals surface area contributed by atoms with Crippen molar-refractivity contribution in [1.29, 1.82) is 0 Å². The summed E-state index contributed by atoms with van der Waals surface area (Å²) < 4.78 is 0. The van der Waals surface area contributed by atoms with Crippen molar-refractivity contribution in [3.8, 4) is 0 Å². The van der Waals surface area contributed by atoms with E-state index in [9.17, 15) is 0 Å². The fraction of sp³-hybridized carbons (Fsp3) is 0.706. The van der Waals surface area contributed by atoms with Gasteiger partial charge in [-0.05, 0) is 29.9 Å². The summed E-state index contributed by atoms with van der Waals surface area (Å²) in [7, 11) is 0. The van der Waals surface area contributed by atoms with Gasteiger partial charge in [-0.15, -0.1) is 0 Å². The fourth-order valence-corrected chi connectivity index (χ4v) is 3.03. The van der Waals surface area contributed by atoms with Crippen molar-refractivity contribution in [2.45, 2.75) is 52.7 Å². The van der Waals surface area contributed by atoms with Gasteiger partial charge in [-0.25, -0.2) is 0 Å². The van der Waals surface area contributed by atoms with Crippen LogP contribution < -0.4 is 5.32 Å². The lowest BCUT2D eigenvalue weighted by atomic mass is 9.94. The van der Waals surface area contributed by atoms with Crippen LogP contribution in [0.15, 0.2) is 24.5 Å². The first-order valence-corrected chi connectivity index (χ1v) is 7.92. The van der Waals surface area contributed by atoms with E-state index in [1.165, 1.54) is 12.0 Å². The lowest BCUT2D eigenvalue weighted by Crippen LogP contribution is -2.57. The van der Waals surface area contributed by atoms with Crippen molar-refractivity contribution in [3.63, 3.8) is 0 Å². The first kappa shape index (κ1) is 15.5. The van der Waals surface area contributed by atoms with E-state index in [4.69, 9.17) is 0 Å². The summed E-state index contributed by atoms with van der Waals surface area (Å²) in [6, 6.07) is 5.47. The molecule has 2 rings (SSSR count). The molecule has 112 valence electrons. The Labute approximate surface area is 123 Å². The Hall–Kier alpha value is -0.930. The van der Waals surface area contributed by atoms with Gasteiger partial charge in [-0.3, -0.25) is 9.88 Å². The second kappa shape index (κ2) is 7.19. The molecule has 1 aliphatic heterocycles. The van der Waals surface area contributed by atoms with E-state index < -0.39 is 0 Å². The minimum Gasteiger partial charge on any atom is -0.311 e. The number of nitrogens with zero attached hydrogens (tertiary/aromatic N) is 2. The monoisotopic (exact) mass is 275 g/mol. The second-order valence-electron chi connectivity index (χ2n) is 6.83. The summed E-state index contributed by atoms with van der Waals surface area (Å²) >= 11 is 0. The summed E-state index contributed by atoms with van der Waals surface area (Å²) in [5.41, 5.74) is 1.32. The minimum absolute atomic E-state index is 0.607. The summed E-state index contributed by atoms with van der Waals surface area (Å²) in [5, 5.41) is 3.73. The minimum atomic E-state index is 0.607. The number of hydrogen-bond acceptors (Lipinski definition) is 3. The Bertz CT molecular complexity index is 388. The predicted octanol–water partition coefficient (Wildman–Crippen LogP) is 2.93. The number of nitrogens with one attached hydrogen (secondary N) is 1. The molecule has 0 aromatic carbocycles. The van der Waals surface area contributed by atoms with E-state index in [0.29, 0.717) is 18.0 Å². The first-order valence-electron chi connectivity index (χ1n) is 7.92. The summed E-state index contributed by atoms with van der Waals surface area (Å²) in [4.78, 5) is 6.90. The standard InChI is InChI=1S/C17H29N3/c1-13(2)8-16-10-19-17(14(3)4)12-20(16)11-15-6-5-7-18-9-15/h5-7,9,13-14,16-17,19H,8,10-12H2,1-4H3. The fourth-order valence-electron chi connectivity index (χ4n) is 3.03. The van der Waals surface area contributed by atoms with Crippen LogP contribution in [0.25, 0.3) is 0 Å².